The van der Waals surface area contributed by atoms with Gasteiger partial charge in [0, 0.05) is 38.8 Å². The van der Waals surface area contributed by atoms with E-state index in [0.29, 0.717) is 23.1 Å². The van der Waals surface area contributed by atoms with Gasteiger partial charge in [0.05, 0.1) is 18.7 Å². The van der Waals surface area contributed by atoms with Gasteiger partial charge in [-0.05, 0) is 36.3 Å². The first-order valence-electron chi connectivity index (χ1n) is 9.84. The largest absolute Gasteiger partial charge is 0.493 e. The highest BCUT2D eigenvalue weighted by molar-refractivity contribution is 6.32. The zero-order valence-electron chi connectivity index (χ0n) is 16.9. The van der Waals surface area contributed by atoms with Gasteiger partial charge >= 0.3 is 0 Å². The quantitative estimate of drug-likeness (QED) is 0.639. The molecular weight excluding hydrogens is 388 g/mol. The van der Waals surface area contributed by atoms with Crippen molar-refractivity contribution in [1.82, 2.24) is 9.80 Å². The standard InChI is InChI=1S/C23H27ClN2O3/c1-3-29-23-20(24)15-19(16-21(23)28-2)9-10-22(27)26-13-11-25(12-14-26)17-18-7-5-4-6-8-18/h4-10,15-16H,3,11-14,17H2,1-2H3/b10-9+. The van der Waals surface area contributed by atoms with Crippen LogP contribution in [0.2, 0.25) is 5.02 Å². The Bertz CT molecular complexity index is 847. The number of piperazine rings is 1. The maximum atomic E-state index is 12.6. The molecule has 1 fully saturated rings. The number of ether oxygens (including phenoxy) is 2. The molecule has 1 aliphatic rings. The van der Waals surface area contributed by atoms with Gasteiger partial charge in [-0.1, -0.05) is 41.9 Å². The van der Waals surface area contributed by atoms with E-state index in [1.807, 2.05) is 24.0 Å². The van der Waals surface area contributed by atoms with Crippen LogP contribution in [-0.4, -0.2) is 55.6 Å². The molecule has 3 rings (SSSR count). The molecule has 0 unspecified atom stereocenters. The van der Waals surface area contributed by atoms with Gasteiger partial charge in [0.25, 0.3) is 0 Å². The molecule has 0 spiro atoms. The Morgan fingerprint density at radius 3 is 2.52 bits per heavy atom. The normalized spacial score (nSPS) is 14.9. The lowest BCUT2D eigenvalue weighted by atomic mass is 10.1. The third-order valence-electron chi connectivity index (χ3n) is 4.89. The van der Waals surface area contributed by atoms with E-state index in [9.17, 15) is 4.79 Å². The summed E-state index contributed by atoms with van der Waals surface area (Å²) >= 11 is 6.30. The Morgan fingerprint density at radius 1 is 1.14 bits per heavy atom. The van der Waals surface area contributed by atoms with Crippen LogP contribution in [0.25, 0.3) is 6.08 Å². The first-order valence-corrected chi connectivity index (χ1v) is 10.2. The molecule has 0 atom stereocenters. The van der Waals surface area contributed by atoms with Crippen molar-refractivity contribution in [2.24, 2.45) is 0 Å². The molecular formula is C23H27ClN2O3. The molecule has 1 aliphatic heterocycles. The lowest BCUT2D eigenvalue weighted by molar-refractivity contribution is -0.127. The van der Waals surface area contributed by atoms with Crippen molar-refractivity contribution < 1.29 is 14.3 Å². The van der Waals surface area contributed by atoms with Crippen LogP contribution in [0.3, 0.4) is 0 Å². The summed E-state index contributed by atoms with van der Waals surface area (Å²) in [5.41, 5.74) is 2.10. The number of hydrogen-bond acceptors (Lipinski definition) is 4. The zero-order chi connectivity index (χ0) is 20.6. The molecule has 1 amide bonds. The summed E-state index contributed by atoms with van der Waals surface area (Å²) < 4.78 is 10.9. The molecule has 154 valence electrons. The number of amides is 1. The minimum atomic E-state index is 0.00772. The van der Waals surface area contributed by atoms with Crippen LogP contribution >= 0.6 is 11.6 Å². The molecule has 2 aromatic rings. The molecule has 0 saturated carbocycles. The van der Waals surface area contributed by atoms with Crippen molar-refractivity contribution in [2.75, 3.05) is 39.9 Å². The van der Waals surface area contributed by atoms with Gasteiger partial charge in [0.1, 0.15) is 0 Å². The van der Waals surface area contributed by atoms with Gasteiger partial charge < -0.3 is 14.4 Å². The second kappa shape index (κ2) is 10.3. The molecule has 0 bridgehead atoms. The van der Waals surface area contributed by atoms with Crippen LogP contribution in [0.1, 0.15) is 18.1 Å². The Kier molecular flexibility index (Phi) is 7.55. The maximum Gasteiger partial charge on any atom is 0.246 e. The van der Waals surface area contributed by atoms with Gasteiger partial charge in [0.2, 0.25) is 5.91 Å². The molecule has 2 aromatic carbocycles. The van der Waals surface area contributed by atoms with E-state index in [-0.39, 0.29) is 5.91 Å². The van der Waals surface area contributed by atoms with E-state index in [4.69, 9.17) is 21.1 Å². The maximum absolute atomic E-state index is 12.6. The molecule has 0 aromatic heterocycles. The van der Waals surface area contributed by atoms with Crippen molar-refractivity contribution in [1.29, 1.82) is 0 Å². The Balaban J connectivity index is 1.57. The fourth-order valence-electron chi connectivity index (χ4n) is 3.36. The molecule has 0 aliphatic carbocycles. The molecule has 1 saturated heterocycles. The Morgan fingerprint density at radius 2 is 1.86 bits per heavy atom. The van der Waals surface area contributed by atoms with Crippen LogP contribution in [0.5, 0.6) is 11.5 Å². The van der Waals surface area contributed by atoms with Gasteiger partial charge in [-0.25, -0.2) is 0 Å². The average Bonchev–Trinajstić information content (AvgIpc) is 2.75. The monoisotopic (exact) mass is 414 g/mol. The van der Waals surface area contributed by atoms with Gasteiger partial charge in [-0.2, -0.15) is 0 Å². The first kappa shape index (κ1) is 21.2. The highest BCUT2D eigenvalue weighted by atomic mass is 35.5. The lowest BCUT2D eigenvalue weighted by Crippen LogP contribution is -2.47. The summed E-state index contributed by atoms with van der Waals surface area (Å²) in [6, 6.07) is 14.0. The third kappa shape index (κ3) is 5.75. The third-order valence-corrected chi connectivity index (χ3v) is 5.17. The summed E-state index contributed by atoms with van der Waals surface area (Å²) in [5.74, 6) is 1.09. The van der Waals surface area contributed by atoms with E-state index < -0.39 is 0 Å². The molecule has 0 radical (unpaired) electrons. The average molecular weight is 415 g/mol. The van der Waals surface area contributed by atoms with Crippen molar-refractivity contribution in [3.63, 3.8) is 0 Å². The number of nitrogens with zero attached hydrogens (tertiary/aromatic N) is 2. The summed E-state index contributed by atoms with van der Waals surface area (Å²) in [7, 11) is 1.57. The highest BCUT2D eigenvalue weighted by Crippen LogP contribution is 2.36. The zero-order valence-corrected chi connectivity index (χ0v) is 17.7. The summed E-state index contributed by atoms with van der Waals surface area (Å²) in [5, 5.41) is 0.466. The number of methoxy groups -OCH3 is 1. The molecule has 1 heterocycles. The first-order chi connectivity index (χ1) is 14.1. The number of carbonyl (C=O) groups excluding carboxylic acids is 1. The van der Waals surface area contributed by atoms with Crippen LogP contribution in [0, 0.1) is 0 Å². The van der Waals surface area contributed by atoms with Crippen molar-refractivity contribution in [3.8, 4) is 11.5 Å². The van der Waals surface area contributed by atoms with Gasteiger partial charge in [0.15, 0.2) is 11.5 Å². The molecule has 6 heteroatoms. The van der Waals surface area contributed by atoms with Crippen LogP contribution < -0.4 is 9.47 Å². The highest BCUT2D eigenvalue weighted by Gasteiger charge is 2.19. The minimum absolute atomic E-state index is 0.00772. The van der Waals surface area contributed by atoms with Crippen LogP contribution in [0.4, 0.5) is 0 Å². The van der Waals surface area contributed by atoms with E-state index in [0.717, 1.165) is 38.3 Å². The van der Waals surface area contributed by atoms with Crippen molar-refractivity contribution >= 4 is 23.6 Å². The second-order valence-electron chi connectivity index (χ2n) is 6.89. The topological polar surface area (TPSA) is 42.0 Å². The summed E-state index contributed by atoms with van der Waals surface area (Å²) in [4.78, 5) is 16.8. The smallest absolute Gasteiger partial charge is 0.246 e. The lowest BCUT2D eigenvalue weighted by Gasteiger charge is -2.34. The van der Waals surface area contributed by atoms with E-state index >= 15 is 0 Å². The van der Waals surface area contributed by atoms with E-state index in [1.54, 1.807) is 25.3 Å². The van der Waals surface area contributed by atoms with Gasteiger partial charge in [-0.3, -0.25) is 9.69 Å². The number of carbonyl (C=O) groups is 1. The molecule has 5 nitrogen and oxygen atoms in total. The van der Waals surface area contributed by atoms with E-state index in [1.165, 1.54) is 5.56 Å². The Labute approximate surface area is 177 Å². The SMILES string of the molecule is CCOc1c(Cl)cc(/C=C/C(=O)N2CCN(Cc3ccccc3)CC2)cc1OC. The predicted octanol–water partition coefficient (Wildman–Crippen LogP) is 4.10. The fraction of sp³-hybridized carbons (Fsp3) is 0.348. The van der Waals surface area contributed by atoms with E-state index in [2.05, 4.69) is 29.2 Å². The number of hydrogen-bond donors (Lipinski definition) is 0. The van der Waals surface area contributed by atoms with Gasteiger partial charge in [-0.15, -0.1) is 0 Å². The fourth-order valence-corrected chi connectivity index (χ4v) is 3.64. The van der Waals surface area contributed by atoms with Crippen LogP contribution in [-0.2, 0) is 11.3 Å². The molecule has 0 N–H and O–H groups in total. The number of benzene rings is 2. The number of halogens is 1. The summed E-state index contributed by atoms with van der Waals surface area (Å²) in [6.45, 7) is 6.51. The second-order valence-corrected chi connectivity index (χ2v) is 7.29. The number of rotatable bonds is 7. The predicted molar refractivity (Wildman–Crippen MR) is 117 cm³/mol. The minimum Gasteiger partial charge on any atom is -0.493 e. The van der Waals surface area contributed by atoms with Crippen molar-refractivity contribution in [2.45, 2.75) is 13.5 Å². The van der Waals surface area contributed by atoms with Crippen LogP contribution in [0.15, 0.2) is 48.5 Å². The Hall–Kier alpha value is -2.50. The summed E-state index contributed by atoms with van der Waals surface area (Å²) in [6.07, 6.45) is 3.36. The van der Waals surface area contributed by atoms with Crippen molar-refractivity contribution in [3.05, 3.63) is 64.7 Å². The molecule has 29 heavy (non-hydrogen) atoms.